The molecule has 0 aliphatic carbocycles. The van der Waals surface area contributed by atoms with Gasteiger partial charge < -0.3 is 19.1 Å². The maximum atomic E-state index is 13.6. The zero-order chi connectivity index (χ0) is 26.7. The molecule has 11 heteroatoms. The Kier molecular flexibility index (Phi) is 7.64. The molecule has 0 radical (unpaired) electrons. The van der Waals surface area contributed by atoms with Gasteiger partial charge in [-0.3, -0.25) is 14.0 Å². The molecule has 2 aliphatic heterocycles. The maximum Gasteiger partial charge on any atom is 0.264 e. The van der Waals surface area contributed by atoms with E-state index >= 15 is 0 Å². The summed E-state index contributed by atoms with van der Waals surface area (Å²) in [6, 6.07) is 18.4. The van der Waals surface area contributed by atoms with Crippen molar-refractivity contribution >= 4 is 33.2 Å². The van der Waals surface area contributed by atoms with Crippen LogP contribution in [0, 0.1) is 0 Å². The fourth-order valence-electron chi connectivity index (χ4n) is 4.47. The molecule has 0 spiro atoms. The molecule has 200 valence electrons. The first-order valence-electron chi connectivity index (χ1n) is 12.1. The first-order valence-corrected chi connectivity index (χ1v) is 14.0. The van der Waals surface area contributed by atoms with E-state index in [1.54, 1.807) is 41.3 Å². The van der Waals surface area contributed by atoms with Gasteiger partial charge in [0.2, 0.25) is 12.7 Å². The number of anilines is 1. The number of halogens is 1. The van der Waals surface area contributed by atoms with Crippen molar-refractivity contribution in [3.63, 3.8) is 0 Å². The lowest BCUT2D eigenvalue weighted by molar-refractivity contribution is -0.131. The molecule has 3 aromatic rings. The Bertz CT molecular complexity index is 1390. The van der Waals surface area contributed by atoms with Gasteiger partial charge in [-0.2, -0.15) is 0 Å². The fraction of sp³-hybridized carbons (Fsp3) is 0.296. The molecule has 2 aliphatic rings. The van der Waals surface area contributed by atoms with Crippen molar-refractivity contribution in [1.29, 1.82) is 0 Å². The second-order valence-corrected chi connectivity index (χ2v) is 11.3. The lowest BCUT2D eigenvalue weighted by Crippen LogP contribution is -2.51. The quantitative estimate of drug-likeness (QED) is 0.418. The summed E-state index contributed by atoms with van der Waals surface area (Å²) < 4.78 is 44.4. The normalized spacial score (nSPS) is 15.4. The highest BCUT2D eigenvalue weighted by Crippen LogP contribution is 2.33. The number of nitrogens with zero attached hydrogens (tertiary/aromatic N) is 3. The minimum absolute atomic E-state index is 0.0644. The largest absolute Gasteiger partial charge is 0.497 e. The van der Waals surface area contributed by atoms with E-state index in [9.17, 15) is 13.2 Å². The van der Waals surface area contributed by atoms with Crippen LogP contribution in [0.1, 0.15) is 5.56 Å². The molecular formula is C27H28ClN3O6S. The van der Waals surface area contributed by atoms with Crippen LogP contribution in [-0.4, -0.2) is 70.8 Å². The molecule has 1 saturated heterocycles. The molecule has 0 saturated carbocycles. The standard InChI is InChI=1S/C27H28ClN3O6S/c1-35-23-7-9-24(10-8-23)38(33,34)31(22-5-3-21(28)4-6-22)18-27(32)30-14-12-29(13-15-30)17-20-2-11-25-26(16-20)37-19-36-25/h2-11,16H,12-15,17-19H2,1H3. The monoisotopic (exact) mass is 557 g/mol. The molecule has 9 nitrogen and oxygen atoms in total. The van der Waals surface area contributed by atoms with Crippen LogP contribution >= 0.6 is 11.6 Å². The smallest absolute Gasteiger partial charge is 0.264 e. The molecule has 38 heavy (non-hydrogen) atoms. The highest BCUT2D eigenvalue weighted by atomic mass is 35.5. The predicted octanol–water partition coefficient (Wildman–Crippen LogP) is 3.62. The van der Waals surface area contributed by atoms with Crippen LogP contribution in [0.25, 0.3) is 0 Å². The van der Waals surface area contributed by atoms with Crippen LogP contribution in [0.2, 0.25) is 5.02 Å². The first-order chi connectivity index (χ1) is 18.3. The van der Waals surface area contributed by atoms with Crippen molar-refractivity contribution in [2.75, 3.05) is 50.9 Å². The molecular weight excluding hydrogens is 530 g/mol. The molecule has 0 unspecified atom stereocenters. The van der Waals surface area contributed by atoms with Gasteiger partial charge in [0.15, 0.2) is 11.5 Å². The van der Waals surface area contributed by atoms with Crippen molar-refractivity contribution in [2.45, 2.75) is 11.4 Å². The summed E-state index contributed by atoms with van der Waals surface area (Å²) in [4.78, 5) is 17.4. The number of rotatable bonds is 8. The van der Waals surface area contributed by atoms with E-state index < -0.39 is 10.0 Å². The molecule has 0 atom stereocenters. The van der Waals surface area contributed by atoms with E-state index in [-0.39, 0.29) is 24.1 Å². The first kappa shape index (κ1) is 26.1. The number of amides is 1. The lowest BCUT2D eigenvalue weighted by atomic mass is 10.1. The van der Waals surface area contributed by atoms with E-state index in [0.29, 0.717) is 42.6 Å². The Labute approximate surface area is 227 Å². The summed E-state index contributed by atoms with van der Waals surface area (Å²) >= 11 is 6.03. The number of sulfonamides is 1. The van der Waals surface area contributed by atoms with Crippen LogP contribution < -0.4 is 18.5 Å². The Hall–Kier alpha value is -3.47. The van der Waals surface area contributed by atoms with Gasteiger partial charge in [0, 0.05) is 37.7 Å². The van der Waals surface area contributed by atoms with Crippen LogP contribution in [0.4, 0.5) is 5.69 Å². The van der Waals surface area contributed by atoms with Crippen molar-refractivity contribution in [3.05, 3.63) is 77.3 Å². The van der Waals surface area contributed by atoms with Gasteiger partial charge in [-0.05, 0) is 66.2 Å². The molecule has 1 fully saturated rings. The number of benzene rings is 3. The van der Waals surface area contributed by atoms with Crippen molar-refractivity contribution in [1.82, 2.24) is 9.80 Å². The minimum Gasteiger partial charge on any atom is -0.497 e. The van der Waals surface area contributed by atoms with Crippen LogP contribution in [0.3, 0.4) is 0 Å². The number of fused-ring (bicyclic) bond motifs is 1. The van der Waals surface area contributed by atoms with Crippen LogP contribution in [0.15, 0.2) is 71.6 Å². The van der Waals surface area contributed by atoms with E-state index in [2.05, 4.69) is 4.90 Å². The zero-order valence-corrected chi connectivity index (χ0v) is 22.5. The minimum atomic E-state index is -4.03. The second-order valence-electron chi connectivity index (χ2n) is 9.01. The number of carbonyl (C=O) groups is 1. The van der Waals surface area contributed by atoms with E-state index in [1.165, 1.54) is 19.2 Å². The van der Waals surface area contributed by atoms with Crippen LogP contribution in [-0.2, 0) is 21.4 Å². The molecule has 0 N–H and O–H groups in total. The number of carbonyl (C=O) groups excluding carboxylic acids is 1. The third-order valence-electron chi connectivity index (χ3n) is 6.61. The van der Waals surface area contributed by atoms with Gasteiger partial charge in [-0.15, -0.1) is 0 Å². The molecule has 0 aromatic heterocycles. The third-order valence-corrected chi connectivity index (χ3v) is 8.65. The summed E-state index contributed by atoms with van der Waals surface area (Å²) in [6.45, 7) is 2.99. The van der Waals surface area contributed by atoms with Crippen molar-refractivity contribution in [2.24, 2.45) is 0 Å². The Morgan fingerprint density at radius 1 is 0.947 bits per heavy atom. The molecule has 0 bridgehead atoms. The number of hydrogen-bond donors (Lipinski definition) is 0. The predicted molar refractivity (Wildman–Crippen MR) is 143 cm³/mol. The van der Waals surface area contributed by atoms with Gasteiger partial charge >= 0.3 is 0 Å². The number of piperazine rings is 1. The SMILES string of the molecule is COc1ccc(S(=O)(=O)N(CC(=O)N2CCN(Cc3ccc4c(c3)OCO4)CC2)c2ccc(Cl)cc2)cc1. The summed E-state index contributed by atoms with van der Waals surface area (Å²) in [6.07, 6.45) is 0. The topological polar surface area (TPSA) is 88.6 Å². The summed E-state index contributed by atoms with van der Waals surface area (Å²) in [5, 5.41) is 0.473. The number of methoxy groups -OCH3 is 1. The van der Waals surface area contributed by atoms with Gasteiger partial charge in [0.1, 0.15) is 12.3 Å². The van der Waals surface area contributed by atoms with Gasteiger partial charge in [-0.25, -0.2) is 8.42 Å². The van der Waals surface area contributed by atoms with Crippen LogP contribution in [0.5, 0.6) is 17.2 Å². The molecule has 3 aromatic carbocycles. The average molecular weight is 558 g/mol. The van der Waals surface area contributed by atoms with E-state index in [4.69, 9.17) is 25.8 Å². The van der Waals surface area contributed by atoms with Crippen molar-refractivity contribution in [3.8, 4) is 17.2 Å². The number of hydrogen-bond acceptors (Lipinski definition) is 7. The summed E-state index contributed by atoms with van der Waals surface area (Å²) in [5.74, 6) is 1.77. The van der Waals surface area contributed by atoms with Gasteiger partial charge in [0.25, 0.3) is 10.0 Å². The average Bonchev–Trinajstić information content (AvgIpc) is 3.40. The Morgan fingerprint density at radius 2 is 1.63 bits per heavy atom. The van der Waals surface area contributed by atoms with Gasteiger partial charge in [-0.1, -0.05) is 17.7 Å². The Morgan fingerprint density at radius 3 is 2.32 bits per heavy atom. The molecule has 1 amide bonds. The third kappa shape index (κ3) is 5.67. The van der Waals surface area contributed by atoms with Crippen molar-refractivity contribution < 1.29 is 27.4 Å². The number of ether oxygens (including phenoxy) is 3. The second kappa shape index (κ2) is 11.1. The lowest BCUT2D eigenvalue weighted by Gasteiger charge is -2.36. The highest BCUT2D eigenvalue weighted by Gasteiger charge is 2.30. The van der Waals surface area contributed by atoms with E-state index in [1.807, 2.05) is 18.2 Å². The summed E-state index contributed by atoms with van der Waals surface area (Å²) in [7, 11) is -2.52. The maximum absolute atomic E-state index is 13.6. The van der Waals surface area contributed by atoms with E-state index in [0.717, 1.165) is 27.9 Å². The molecule has 5 rings (SSSR count). The highest BCUT2D eigenvalue weighted by molar-refractivity contribution is 7.92. The molecule has 2 heterocycles. The van der Waals surface area contributed by atoms with Gasteiger partial charge in [0.05, 0.1) is 17.7 Å². The Balaban J connectivity index is 1.27. The summed E-state index contributed by atoms with van der Waals surface area (Å²) in [5.41, 5.74) is 1.47. The zero-order valence-electron chi connectivity index (χ0n) is 20.9. The fourth-order valence-corrected chi connectivity index (χ4v) is 6.01.